The van der Waals surface area contributed by atoms with Crippen LogP contribution in [0.2, 0.25) is 0 Å². The van der Waals surface area contributed by atoms with Gasteiger partial charge in [-0.05, 0) is 31.4 Å². The minimum absolute atomic E-state index is 0.134. The zero-order valence-corrected chi connectivity index (χ0v) is 15.0. The third-order valence-corrected chi connectivity index (χ3v) is 4.75. The Hall–Kier alpha value is -3.22. The Morgan fingerprint density at radius 3 is 2.81 bits per heavy atom. The van der Waals surface area contributed by atoms with Crippen molar-refractivity contribution in [3.63, 3.8) is 0 Å². The molecule has 1 atom stereocenters. The van der Waals surface area contributed by atoms with Gasteiger partial charge in [0.2, 0.25) is 5.88 Å². The first kappa shape index (κ1) is 17.2. The number of likely N-dealkylation sites (tertiary alicyclic amines) is 1. The van der Waals surface area contributed by atoms with Crippen LogP contribution < -0.4 is 9.47 Å². The molecule has 1 aliphatic rings. The number of methoxy groups -OCH3 is 1. The average molecular weight is 364 g/mol. The Balaban J connectivity index is 1.60. The average Bonchev–Trinajstić information content (AvgIpc) is 2.74. The minimum Gasteiger partial charge on any atom is -0.481 e. The number of hydrogen-bond acceptors (Lipinski definition) is 6. The Morgan fingerprint density at radius 1 is 1.11 bits per heavy atom. The Bertz CT molecular complexity index is 940. The highest BCUT2D eigenvalue weighted by molar-refractivity contribution is 5.81. The van der Waals surface area contributed by atoms with Crippen LogP contribution in [0.25, 0.3) is 10.9 Å². The number of benzene rings is 1. The second kappa shape index (κ2) is 7.57. The molecule has 1 aromatic carbocycles. The first-order valence-electron chi connectivity index (χ1n) is 8.94. The number of nitrogens with zero attached hydrogens (tertiary/aromatic N) is 4. The number of amides is 1. The first-order chi connectivity index (χ1) is 13.3. The summed E-state index contributed by atoms with van der Waals surface area (Å²) in [5.41, 5.74) is 1.74. The van der Waals surface area contributed by atoms with Crippen LogP contribution in [0.1, 0.15) is 31.0 Å². The molecule has 3 heterocycles. The lowest BCUT2D eigenvalue weighted by molar-refractivity contribution is 0.112. The van der Waals surface area contributed by atoms with Crippen molar-refractivity contribution in [1.29, 1.82) is 0 Å². The van der Waals surface area contributed by atoms with Crippen LogP contribution in [-0.2, 0) is 0 Å². The van der Waals surface area contributed by atoms with Gasteiger partial charge in [-0.25, -0.2) is 19.7 Å². The van der Waals surface area contributed by atoms with Gasteiger partial charge in [-0.2, -0.15) is 0 Å². The third kappa shape index (κ3) is 3.53. The summed E-state index contributed by atoms with van der Waals surface area (Å²) in [6.45, 7) is 0.630. The molecule has 2 aromatic heterocycles. The molecule has 7 nitrogen and oxygen atoms in total. The first-order valence-corrected chi connectivity index (χ1v) is 8.94. The molecule has 27 heavy (non-hydrogen) atoms. The van der Waals surface area contributed by atoms with Gasteiger partial charge in [-0.1, -0.05) is 18.2 Å². The Kier molecular flexibility index (Phi) is 4.82. The second-order valence-electron chi connectivity index (χ2n) is 6.39. The second-order valence-corrected chi connectivity index (χ2v) is 6.39. The van der Waals surface area contributed by atoms with Gasteiger partial charge >= 0.3 is 6.09 Å². The normalized spacial score (nSPS) is 16.9. The van der Waals surface area contributed by atoms with Crippen molar-refractivity contribution in [3.8, 4) is 11.6 Å². The van der Waals surface area contributed by atoms with Gasteiger partial charge in [-0.3, -0.25) is 4.90 Å². The van der Waals surface area contributed by atoms with Gasteiger partial charge in [0, 0.05) is 18.0 Å². The zero-order chi connectivity index (χ0) is 18.6. The van der Waals surface area contributed by atoms with Crippen molar-refractivity contribution < 1.29 is 14.3 Å². The van der Waals surface area contributed by atoms with Crippen LogP contribution in [0.15, 0.2) is 48.9 Å². The molecule has 0 spiro atoms. The molecule has 0 N–H and O–H groups in total. The standard InChI is InChI=1S/C20H20N4O3/c1-26-18-10-9-14(12-21-18)27-20(25)24-11-5-4-8-17(24)19-15-6-2-3-7-16(15)22-13-23-19/h2-3,6-7,9-10,12-13,17H,4-5,8,11H2,1H3. The lowest BCUT2D eigenvalue weighted by Gasteiger charge is -2.34. The van der Waals surface area contributed by atoms with Crippen LogP contribution in [-0.4, -0.2) is 39.6 Å². The fourth-order valence-electron chi connectivity index (χ4n) is 3.43. The molecule has 4 rings (SSSR count). The van der Waals surface area contributed by atoms with Crippen LogP contribution in [0.4, 0.5) is 4.79 Å². The molecule has 7 heteroatoms. The van der Waals surface area contributed by atoms with E-state index in [1.165, 1.54) is 6.20 Å². The molecule has 1 saturated heterocycles. The van der Waals surface area contributed by atoms with Crippen molar-refractivity contribution in [3.05, 3.63) is 54.6 Å². The van der Waals surface area contributed by atoms with Crippen molar-refractivity contribution in [1.82, 2.24) is 19.9 Å². The fourth-order valence-corrected chi connectivity index (χ4v) is 3.43. The van der Waals surface area contributed by atoms with E-state index in [4.69, 9.17) is 9.47 Å². The molecule has 1 fully saturated rings. The number of carbonyl (C=O) groups excluding carboxylic acids is 1. The third-order valence-electron chi connectivity index (χ3n) is 4.75. The van der Waals surface area contributed by atoms with E-state index in [1.54, 1.807) is 30.5 Å². The highest BCUT2D eigenvalue weighted by Gasteiger charge is 2.31. The van der Waals surface area contributed by atoms with Gasteiger partial charge in [0.15, 0.2) is 5.75 Å². The number of fused-ring (bicyclic) bond motifs is 1. The Labute approximate surface area is 157 Å². The molecular formula is C20H20N4O3. The van der Waals surface area contributed by atoms with Crippen molar-refractivity contribution in [2.75, 3.05) is 13.7 Å². The molecule has 0 aliphatic carbocycles. The predicted molar refractivity (Wildman–Crippen MR) is 99.6 cm³/mol. The highest BCUT2D eigenvalue weighted by Crippen LogP contribution is 2.33. The number of pyridine rings is 1. The van der Waals surface area contributed by atoms with Crippen LogP contribution in [0.3, 0.4) is 0 Å². The lowest BCUT2D eigenvalue weighted by atomic mass is 9.97. The van der Waals surface area contributed by atoms with Gasteiger partial charge in [0.25, 0.3) is 0 Å². The van der Waals surface area contributed by atoms with E-state index in [0.717, 1.165) is 35.9 Å². The van der Waals surface area contributed by atoms with E-state index in [2.05, 4.69) is 15.0 Å². The maximum absolute atomic E-state index is 12.8. The lowest BCUT2D eigenvalue weighted by Crippen LogP contribution is -2.40. The highest BCUT2D eigenvalue weighted by atomic mass is 16.6. The smallest absolute Gasteiger partial charge is 0.415 e. The van der Waals surface area contributed by atoms with Gasteiger partial charge < -0.3 is 9.47 Å². The number of hydrogen-bond donors (Lipinski definition) is 0. The van der Waals surface area contributed by atoms with Crippen LogP contribution in [0.5, 0.6) is 11.6 Å². The molecule has 3 aromatic rings. The molecule has 0 saturated carbocycles. The quantitative estimate of drug-likeness (QED) is 0.704. The summed E-state index contributed by atoms with van der Waals surface area (Å²) in [6.07, 6.45) is 5.47. The molecule has 0 bridgehead atoms. The van der Waals surface area contributed by atoms with Gasteiger partial charge in [-0.15, -0.1) is 0 Å². The van der Waals surface area contributed by atoms with Crippen molar-refractivity contribution in [2.45, 2.75) is 25.3 Å². The molecule has 1 aliphatic heterocycles. The molecule has 1 unspecified atom stereocenters. The number of rotatable bonds is 3. The summed E-state index contributed by atoms with van der Waals surface area (Å²) in [6, 6.07) is 11.1. The summed E-state index contributed by atoms with van der Waals surface area (Å²) < 4.78 is 10.6. The fraction of sp³-hybridized carbons (Fsp3) is 0.300. The maximum atomic E-state index is 12.8. The zero-order valence-electron chi connectivity index (χ0n) is 15.0. The number of piperidine rings is 1. The molecular weight excluding hydrogens is 344 g/mol. The molecule has 138 valence electrons. The SMILES string of the molecule is COc1ccc(OC(=O)N2CCCCC2c2ncnc3ccccc23)cn1. The van der Waals surface area contributed by atoms with Crippen molar-refractivity contribution in [2.24, 2.45) is 0 Å². The van der Waals surface area contributed by atoms with Crippen molar-refractivity contribution >= 4 is 17.0 Å². The number of ether oxygens (including phenoxy) is 2. The van der Waals surface area contributed by atoms with Gasteiger partial charge in [0.1, 0.15) is 6.33 Å². The summed E-state index contributed by atoms with van der Waals surface area (Å²) in [5, 5.41) is 0.968. The topological polar surface area (TPSA) is 77.4 Å². The number of para-hydroxylation sites is 1. The van der Waals surface area contributed by atoms with E-state index in [-0.39, 0.29) is 6.04 Å². The maximum Gasteiger partial charge on any atom is 0.415 e. The van der Waals surface area contributed by atoms with Crippen LogP contribution in [0, 0.1) is 0 Å². The number of aromatic nitrogens is 3. The molecule has 0 radical (unpaired) electrons. The summed E-state index contributed by atoms with van der Waals surface area (Å²) >= 11 is 0. The summed E-state index contributed by atoms with van der Waals surface area (Å²) in [4.78, 5) is 27.5. The molecule has 1 amide bonds. The Morgan fingerprint density at radius 2 is 2.00 bits per heavy atom. The monoisotopic (exact) mass is 364 g/mol. The van der Waals surface area contributed by atoms with E-state index in [1.807, 2.05) is 24.3 Å². The van der Waals surface area contributed by atoms with E-state index < -0.39 is 6.09 Å². The summed E-state index contributed by atoms with van der Waals surface area (Å²) in [5.74, 6) is 0.857. The summed E-state index contributed by atoms with van der Waals surface area (Å²) in [7, 11) is 1.54. The van der Waals surface area contributed by atoms with E-state index in [0.29, 0.717) is 18.2 Å². The van der Waals surface area contributed by atoms with E-state index >= 15 is 0 Å². The van der Waals surface area contributed by atoms with E-state index in [9.17, 15) is 4.79 Å². The van der Waals surface area contributed by atoms with Gasteiger partial charge in [0.05, 0.1) is 30.6 Å². The minimum atomic E-state index is -0.394. The predicted octanol–water partition coefficient (Wildman–Crippen LogP) is 3.76. The van der Waals surface area contributed by atoms with Crippen LogP contribution >= 0.6 is 0 Å². The largest absolute Gasteiger partial charge is 0.481 e. The number of carbonyl (C=O) groups is 1.